The Morgan fingerprint density at radius 3 is 1.97 bits per heavy atom. The second kappa shape index (κ2) is 8.50. The first-order valence-corrected chi connectivity index (χ1v) is 17.6. The molecular formula is C29H37NO6SSi. The molecule has 0 bridgehead atoms. The molecule has 0 aromatic heterocycles. The quantitative estimate of drug-likeness (QED) is 0.288. The zero-order valence-corrected chi connectivity index (χ0v) is 24.9. The minimum atomic E-state index is -3.89. The number of nitrogens with zero attached hydrogens (tertiary/aromatic N) is 1. The van der Waals surface area contributed by atoms with E-state index in [0.29, 0.717) is 6.42 Å². The SMILES string of the molecule is CC(C)(C)[Si](C)(C)OC1CC12C(=O)N1[C@@H](C(=O)OC(c3ccccc3)c3ccccc3)C(C)(C)S(=O)(=O)[C@@H]12. The standard InChI is InChI=1S/C29H37NO6SSi/c1-27(2,3)38(6,7)36-21-18-29(21)25(32)30-23(28(4,5)37(33,34)26(29)30)24(31)35-22(19-14-10-8-11-15-19)20-16-12-9-13-17-20/h8-17,21-23,26H,18H2,1-7H3/t21?,23-,26+,29?/m0/s1. The topological polar surface area (TPSA) is 90.0 Å². The Labute approximate surface area is 226 Å². The lowest BCUT2D eigenvalue weighted by Crippen LogP contribution is -2.67. The molecule has 5 rings (SSSR count). The normalized spacial score (nSPS) is 29.2. The molecule has 2 unspecified atom stereocenters. The third-order valence-corrected chi connectivity index (χ3v) is 16.5. The van der Waals surface area contributed by atoms with Crippen LogP contribution in [0.4, 0.5) is 0 Å². The van der Waals surface area contributed by atoms with Gasteiger partial charge in [0.2, 0.25) is 5.91 Å². The van der Waals surface area contributed by atoms with Gasteiger partial charge in [0.05, 0.1) is 10.9 Å². The van der Waals surface area contributed by atoms with Crippen molar-refractivity contribution >= 4 is 30.0 Å². The molecule has 38 heavy (non-hydrogen) atoms. The molecule has 4 atom stereocenters. The van der Waals surface area contributed by atoms with Crippen LogP contribution in [0.15, 0.2) is 60.7 Å². The zero-order valence-electron chi connectivity index (χ0n) is 23.1. The summed E-state index contributed by atoms with van der Waals surface area (Å²) in [5.41, 5.74) is 0.427. The van der Waals surface area contributed by atoms with Gasteiger partial charge in [0.25, 0.3) is 0 Å². The molecular weight excluding hydrogens is 518 g/mol. The summed E-state index contributed by atoms with van der Waals surface area (Å²) in [5.74, 6) is -1.04. The Kier molecular flexibility index (Phi) is 6.06. The highest BCUT2D eigenvalue weighted by Gasteiger charge is 2.86. The maximum absolute atomic E-state index is 13.9. The number of β-lactam (4-membered cyclic amide) rings is 1. The van der Waals surface area contributed by atoms with E-state index in [1.807, 2.05) is 60.7 Å². The van der Waals surface area contributed by atoms with Crippen LogP contribution in [0.5, 0.6) is 0 Å². The van der Waals surface area contributed by atoms with Gasteiger partial charge in [-0.3, -0.25) is 4.79 Å². The molecule has 2 aromatic carbocycles. The average Bonchev–Trinajstić information content (AvgIpc) is 3.53. The van der Waals surface area contributed by atoms with Gasteiger partial charge in [0.15, 0.2) is 29.6 Å². The third-order valence-electron chi connectivity index (χ3n) is 9.13. The number of fused-ring (bicyclic) bond motifs is 2. The summed E-state index contributed by atoms with van der Waals surface area (Å²) in [4.78, 5) is 28.8. The van der Waals surface area contributed by atoms with Gasteiger partial charge < -0.3 is 14.1 Å². The Morgan fingerprint density at radius 2 is 1.50 bits per heavy atom. The van der Waals surface area contributed by atoms with Crippen molar-refractivity contribution in [2.45, 2.75) is 87.5 Å². The lowest BCUT2D eigenvalue weighted by Gasteiger charge is -2.45. The second-order valence-corrected chi connectivity index (χ2v) is 20.2. The molecule has 2 aliphatic heterocycles. The molecule has 2 saturated heterocycles. The van der Waals surface area contributed by atoms with Crippen LogP contribution in [0.2, 0.25) is 18.1 Å². The maximum atomic E-state index is 13.9. The van der Waals surface area contributed by atoms with Crippen molar-refractivity contribution in [3.05, 3.63) is 71.8 Å². The van der Waals surface area contributed by atoms with E-state index in [9.17, 15) is 18.0 Å². The van der Waals surface area contributed by atoms with E-state index in [1.165, 1.54) is 18.7 Å². The molecule has 0 radical (unpaired) electrons. The summed E-state index contributed by atoms with van der Waals surface area (Å²) in [6.45, 7) is 13.6. The fourth-order valence-electron chi connectivity index (χ4n) is 5.67. The summed E-state index contributed by atoms with van der Waals surface area (Å²) >= 11 is 0. The monoisotopic (exact) mass is 555 g/mol. The van der Waals surface area contributed by atoms with E-state index in [-0.39, 0.29) is 10.9 Å². The fraction of sp³-hybridized carbons (Fsp3) is 0.517. The highest BCUT2D eigenvalue weighted by atomic mass is 32.2. The summed E-state index contributed by atoms with van der Waals surface area (Å²) in [5, 5.41) is -1.15. The number of benzene rings is 2. The average molecular weight is 556 g/mol. The molecule has 1 amide bonds. The minimum Gasteiger partial charge on any atom is -0.451 e. The van der Waals surface area contributed by atoms with E-state index >= 15 is 0 Å². The Balaban J connectivity index is 1.45. The van der Waals surface area contributed by atoms with Gasteiger partial charge in [-0.05, 0) is 49.5 Å². The molecule has 204 valence electrons. The van der Waals surface area contributed by atoms with Gasteiger partial charge >= 0.3 is 5.97 Å². The molecule has 1 aliphatic carbocycles. The van der Waals surface area contributed by atoms with Crippen LogP contribution in [-0.2, 0) is 28.6 Å². The predicted octanol–water partition coefficient (Wildman–Crippen LogP) is 4.84. The predicted molar refractivity (Wildman–Crippen MR) is 147 cm³/mol. The first kappa shape index (κ1) is 27.1. The highest BCUT2D eigenvalue weighted by Crippen LogP contribution is 2.68. The van der Waals surface area contributed by atoms with Gasteiger partial charge in [-0.25, -0.2) is 13.2 Å². The van der Waals surface area contributed by atoms with Crippen molar-refractivity contribution in [3.8, 4) is 0 Å². The molecule has 1 spiro atoms. The molecule has 7 nitrogen and oxygen atoms in total. The number of rotatable bonds is 6. The number of amides is 1. The maximum Gasteiger partial charge on any atom is 0.331 e. The van der Waals surface area contributed by atoms with E-state index in [4.69, 9.17) is 9.16 Å². The number of carbonyl (C=O) groups excluding carboxylic acids is 2. The highest BCUT2D eigenvalue weighted by molar-refractivity contribution is 7.94. The molecule has 1 saturated carbocycles. The van der Waals surface area contributed by atoms with E-state index < -0.39 is 57.9 Å². The lowest BCUT2D eigenvalue weighted by atomic mass is 9.89. The van der Waals surface area contributed by atoms with Crippen LogP contribution in [0.25, 0.3) is 0 Å². The third kappa shape index (κ3) is 3.72. The van der Waals surface area contributed by atoms with E-state index in [1.54, 1.807) is 0 Å². The van der Waals surface area contributed by atoms with Crippen LogP contribution in [0.3, 0.4) is 0 Å². The van der Waals surface area contributed by atoms with Crippen molar-refractivity contribution in [2.75, 3.05) is 0 Å². The van der Waals surface area contributed by atoms with Gasteiger partial charge in [-0.1, -0.05) is 81.4 Å². The number of hydrogen-bond acceptors (Lipinski definition) is 6. The molecule has 2 heterocycles. The van der Waals surface area contributed by atoms with Crippen LogP contribution < -0.4 is 0 Å². The van der Waals surface area contributed by atoms with E-state index in [2.05, 4.69) is 33.9 Å². The zero-order chi connectivity index (χ0) is 27.9. The summed E-state index contributed by atoms with van der Waals surface area (Å²) in [6, 6.07) is 17.4. The van der Waals surface area contributed by atoms with Crippen LogP contribution in [0, 0.1) is 5.41 Å². The first-order chi connectivity index (χ1) is 17.6. The van der Waals surface area contributed by atoms with Crippen molar-refractivity contribution in [1.82, 2.24) is 4.90 Å². The molecule has 2 aromatic rings. The van der Waals surface area contributed by atoms with Gasteiger partial charge in [0.1, 0.15) is 11.5 Å². The van der Waals surface area contributed by atoms with Gasteiger partial charge in [0, 0.05) is 0 Å². The Morgan fingerprint density at radius 1 is 1.00 bits per heavy atom. The van der Waals surface area contributed by atoms with Crippen molar-refractivity contribution in [2.24, 2.45) is 5.41 Å². The smallest absolute Gasteiger partial charge is 0.331 e. The van der Waals surface area contributed by atoms with Gasteiger partial charge in [-0.15, -0.1) is 0 Å². The van der Waals surface area contributed by atoms with Crippen LogP contribution >= 0.6 is 0 Å². The molecule has 3 aliphatic rings. The second-order valence-electron chi connectivity index (χ2n) is 12.9. The minimum absolute atomic E-state index is 0.0761. The number of sulfone groups is 1. The summed E-state index contributed by atoms with van der Waals surface area (Å²) in [6.07, 6.45) is -0.810. The Bertz CT molecular complexity index is 1330. The van der Waals surface area contributed by atoms with E-state index in [0.717, 1.165) is 11.1 Å². The van der Waals surface area contributed by atoms with Crippen LogP contribution in [-0.4, -0.2) is 55.8 Å². The summed E-state index contributed by atoms with van der Waals surface area (Å²) in [7, 11) is -6.11. The van der Waals surface area contributed by atoms with Crippen molar-refractivity contribution in [3.63, 3.8) is 0 Å². The summed E-state index contributed by atoms with van der Waals surface area (Å²) < 4.78 is 38.8. The first-order valence-electron chi connectivity index (χ1n) is 13.1. The molecule has 0 N–H and O–H groups in total. The van der Waals surface area contributed by atoms with Crippen molar-refractivity contribution in [1.29, 1.82) is 0 Å². The Hall–Kier alpha value is -2.49. The number of hydrogen-bond donors (Lipinski definition) is 0. The molecule has 3 fully saturated rings. The van der Waals surface area contributed by atoms with Crippen molar-refractivity contribution < 1.29 is 27.2 Å². The molecule has 9 heteroatoms. The fourth-order valence-corrected chi connectivity index (χ4v) is 9.54. The van der Waals surface area contributed by atoms with Gasteiger partial charge in [-0.2, -0.15) is 0 Å². The van der Waals surface area contributed by atoms with Crippen LogP contribution in [0.1, 0.15) is 58.3 Å². The lowest BCUT2D eigenvalue weighted by molar-refractivity contribution is -0.172. The number of esters is 1. The number of ether oxygens (including phenoxy) is 1. The number of carbonyl (C=O) groups is 2. The largest absolute Gasteiger partial charge is 0.451 e.